The van der Waals surface area contributed by atoms with E-state index >= 15 is 0 Å². The quantitative estimate of drug-likeness (QED) is 0.548. The van der Waals surface area contributed by atoms with Crippen LogP contribution in [0, 0.1) is 5.92 Å². The van der Waals surface area contributed by atoms with Gasteiger partial charge in [-0.1, -0.05) is 30.4 Å². The highest BCUT2D eigenvalue weighted by atomic mass is 19.4. The van der Waals surface area contributed by atoms with E-state index < -0.39 is 18.6 Å². The molecule has 2 aromatic rings. The largest absolute Gasteiger partial charge is 0.508 e. The van der Waals surface area contributed by atoms with Gasteiger partial charge in [-0.2, -0.15) is 13.2 Å². The number of nitrogens with zero attached hydrogens (tertiary/aromatic N) is 3. The number of aromatic nitrogens is 4. The number of unbranched alkanes of at least 4 members (excludes halogenated alkanes) is 1. The van der Waals surface area contributed by atoms with E-state index in [2.05, 4.69) is 20.6 Å². The summed E-state index contributed by atoms with van der Waals surface area (Å²) in [5.74, 6) is 0.270. The zero-order valence-corrected chi connectivity index (χ0v) is 15.0. The maximum atomic E-state index is 13.0. The average molecular weight is 398 g/mol. The van der Waals surface area contributed by atoms with Crippen molar-refractivity contribution in [3.8, 4) is 5.75 Å². The van der Waals surface area contributed by atoms with E-state index in [1.165, 1.54) is 6.07 Å². The number of aromatic amines is 1. The van der Waals surface area contributed by atoms with Crippen molar-refractivity contribution in [1.82, 2.24) is 20.6 Å². The molecule has 1 aromatic heterocycles. The Balaban J connectivity index is 1.59. The Hall–Kier alpha value is -2.46. The summed E-state index contributed by atoms with van der Waals surface area (Å²) >= 11 is 0. The molecular formula is C18H21F3N4O3. The van der Waals surface area contributed by atoms with E-state index in [1.54, 1.807) is 18.2 Å². The van der Waals surface area contributed by atoms with Crippen molar-refractivity contribution in [1.29, 1.82) is 0 Å². The number of nitrogens with one attached hydrogen (secondary N) is 1. The van der Waals surface area contributed by atoms with Gasteiger partial charge < -0.3 is 14.6 Å². The number of ether oxygens (including phenoxy) is 2. The fourth-order valence-corrected chi connectivity index (χ4v) is 3.06. The van der Waals surface area contributed by atoms with Crippen LogP contribution >= 0.6 is 0 Å². The lowest BCUT2D eigenvalue weighted by molar-refractivity contribution is -0.353. The molecule has 2 heterocycles. The normalized spacial score (nSPS) is 23.3. The predicted molar refractivity (Wildman–Crippen MR) is 92.1 cm³/mol. The summed E-state index contributed by atoms with van der Waals surface area (Å²) in [4.78, 5) is 0. The lowest BCUT2D eigenvalue weighted by atomic mass is 9.91. The molecule has 1 fully saturated rings. The first-order chi connectivity index (χ1) is 13.4. The topological polar surface area (TPSA) is 93.2 Å². The second-order valence-electron chi connectivity index (χ2n) is 6.53. The number of halogens is 3. The van der Waals surface area contributed by atoms with E-state index in [4.69, 9.17) is 9.47 Å². The molecule has 1 saturated heterocycles. The van der Waals surface area contributed by atoms with Gasteiger partial charge in [0.2, 0.25) is 0 Å². The molecule has 0 bridgehead atoms. The second kappa shape index (κ2) is 9.16. The molecule has 0 radical (unpaired) electrons. The molecular weight excluding hydrogens is 377 g/mol. The lowest BCUT2D eigenvalue weighted by Gasteiger charge is -2.37. The van der Waals surface area contributed by atoms with Crippen LogP contribution in [-0.4, -0.2) is 44.8 Å². The predicted octanol–water partition coefficient (Wildman–Crippen LogP) is 3.47. The summed E-state index contributed by atoms with van der Waals surface area (Å²) < 4.78 is 49.1. The Morgan fingerprint density at radius 2 is 2.07 bits per heavy atom. The van der Waals surface area contributed by atoms with Crippen LogP contribution in [0.15, 0.2) is 36.4 Å². The van der Waals surface area contributed by atoms with E-state index in [9.17, 15) is 18.3 Å². The van der Waals surface area contributed by atoms with Crippen LogP contribution in [0.3, 0.4) is 0 Å². The summed E-state index contributed by atoms with van der Waals surface area (Å²) in [6, 6.07) is 6.27. The molecule has 0 saturated carbocycles. The van der Waals surface area contributed by atoms with Gasteiger partial charge in [0.1, 0.15) is 11.6 Å². The van der Waals surface area contributed by atoms with Gasteiger partial charge in [0.05, 0.1) is 12.7 Å². The molecule has 0 amide bonds. The van der Waals surface area contributed by atoms with Gasteiger partial charge in [-0.05, 0) is 35.8 Å². The first-order valence-electron chi connectivity index (χ1n) is 8.94. The molecule has 10 heteroatoms. The number of para-hydroxylation sites is 1. The van der Waals surface area contributed by atoms with Crippen molar-refractivity contribution in [3.63, 3.8) is 0 Å². The van der Waals surface area contributed by atoms with Gasteiger partial charge in [0.15, 0.2) is 0 Å². The highest BCUT2D eigenvalue weighted by molar-refractivity contribution is 5.34. The van der Waals surface area contributed by atoms with Crippen molar-refractivity contribution in [2.75, 3.05) is 6.61 Å². The van der Waals surface area contributed by atoms with Crippen LogP contribution < -0.4 is 0 Å². The van der Waals surface area contributed by atoms with Gasteiger partial charge in [-0.25, -0.2) is 5.10 Å². The monoisotopic (exact) mass is 398 g/mol. The molecule has 152 valence electrons. The number of allylic oxidation sites excluding steroid dienone is 2. The zero-order valence-electron chi connectivity index (χ0n) is 15.0. The number of aryl methyl sites for hydroxylation is 1. The van der Waals surface area contributed by atoms with Crippen LogP contribution in [0.4, 0.5) is 13.2 Å². The van der Waals surface area contributed by atoms with E-state index in [1.807, 2.05) is 12.2 Å². The highest BCUT2D eigenvalue weighted by Gasteiger charge is 2.48. The third kappa shape index (κ3) is 5.29. The van der Waals surface area contributed by atoms with Crippen molar-refractivity contribution in [2.45, 2.75) is 44.3 Å². The number of rotatable bonds is 7. The second-order valence-corrected chi connectivity index (χ2v) is 6.53. The van der Waals surface area contributed by atoms with E-state index in [-0.39, 0.29) is 18.3 Å². The minimum atomic E-state index is -4.63. The minimum absolute atomic E-state index is 0.0926. The molecule has 3 atom stereocenters. The molecule has 3 rings (SSSR count). The molecule has 7 nitrogen and oxygen atoms in total. The van der Waals surface area contributed by atoms with E-state index in [0.29, 0.717) is 24.2 Å². The first-order valence-corrected chi connectivity index (χ1v) is 8.94. The highest BCUT2D eigenvalue weighted by Crippen LogP contribution is 2.41. The van der Waals surface area contributed by atoms with Crippen LogP contribution in [0.5, 0.6) is 5.75 Å². The molecule has 3 unspecified atom stereocenters. The number of tetrazole rings is 1. The number of aromatic hydroxyl groups is 1. The summed E-state index contributed by atoms with van der Waals surface area (Å²) in [6.45, 7) is -0.114. The standard InChI is InChI=1S/C18H21F3N4O3/c19-18(20,21)17-27-11-12(16(28-17)13-8-5-6-9-14(13)26)7-3-1-2-4-10-15-22-24-25-23-15/h1,3,5-6,8-9,12,16-17,26H,2,4,7,10-11H2,(H,22,23,24,25)/b3-1-. The smallest absolute Gasteiger partial charge is 0.440 e. The average Bonchev–Trinajstić information content (AvgIpc) is 3.18. The Morgan fingerprint density at radius 3 is 2.79 bits per heavy atom. The van der Waals surface area contributed by atoms with Gasteiger partial charge in [0, 0.05) is 17.9 Å². The fraction of sp³-hybridized carbons (Fsp3) is 0.500. The third-order valence-corrected chi connectivity index (χ3v) is 4.45. The van der Waals surface area contributed by atoms with Crippen LogP contribution in [0.25, 0.3) is 0 Å². The van der Waals surface area contributed by atoms with Crippen molar-refractivity contribution < 1.29 is 27.8 Å². The Labute approximate surface area is 159 Å². The molecule has 28 heavy (non-hydrogen) atoms. The molecule has 0 aliphatic carbocycles. The Bertz CT molecular complexity index is 768. The number of hydrogen-bond donors (Lipinski definition) is 2. The van der Waals surface area contributed by atoms with Gasteiger partial charge >= 0.3 is 6.18 Å². The summed E-state index contributed by atoms with van der Waals surface area (Å²) in [7, 11) is 0. The molecule has 1 aliphatic rings. The maximum absolute atomic E-state index is 13.0. The number of benzene rings is 1. The lowest BCUT2D eigenvalue weighted by Crippen LogP contribution is -2.43. The van der Waals surface area contributed by atoms with E-state index in [0.717, 1.165) is 12.8 Å². The summed E-state index contributed by atoms with van der Waals surface area (Å²) in [5.41, 5.74) is 0.330. The molecule has 1 aliphatic heterocycles. The summed E-state index contributed by atoms with van der Waals surface area (Å²) in [5, 5.41) is 23.5. The van der Waals surface area contributed by atoms with Crippen LogP contribution in [0.1, 0.15) is 36.8 Å². The summed E-state index contributed by atoms with van der Waals surface area (Å²) in [6.07, 6.45) is -1.18. The number of phenols is 1. The molecule has 1 aromatic carbocycles. The maximum Gasteiger partial charge on any atom is 0.440 e. The Morgan fingerprint density at radius 1 is 1.25 bits per heavy atom. The van der Waals surface area contributed by atoms with Crippen LogP contribution in [0.2, 0.25) is 0 Å². The Kier molecular flexibility index (Phi) is 6.63. The molecule has 2 N–H and O–H groups in total. The fourth-order valence-electron chi connectivity index (χ4n) is 3.06. The van der Waals surface area contributed by atoms with Crippen molar-refractivity contribution >= 4 is 0 Å². The van der Waals surface area contributed by atoms with Crippen LogP contribution in [-0.2, 0) is 15.9 Å². The first kappa shape index (κ1) is 20.3. The SMILES string of the molecule is Oc1ccccc1C1OC(C(F)(F)F)OCC1C/C=C\CCCc1nnn[nH]1. The van der Waals surface area contributed by atoms with Gasteiger partial charge in [-0.15, -0.1) is 5.10 Å². The molecule has 0 spiro atoms. The zero-order chi connectivity index (χ0) is 20.0. The number of H-pyrrole nitrogens is 1. The van der Waals surface area contributed by atoms with Gasteiger partial charge in [-0.3, -0.25) is 0 Å². The van der Waals surface area contributed by atoms with Crippen molar-refractivity contribution in [2.24, 2.45) is 5.92 Å². The number of hydrogen-bond acceptors (Lipinski definition) is 6. The third-order valence-electron chi connectivity index (χ3n) is 4.45. The van der Waals surface area contributed by atoms with Gasteiger partial charge in [0.25, 0.3) is 6.29 Å². The number of alkyl halides is 3. The number of phenolic OH excluding ortho intramolecular Hbond substituents is 1. The minimum Gasteiger partial charge on any atom is -0.508 e. The van der Waals surface area contributed by atoms with Crippen molar-refractivity contribution in [3.05, 3.63) is 47.8 Å².